The zero-order chi connectivity index (χ0) is 26.2. The maximum absolute atomic E-state index is 12.4. The Bertz CT molecular complexity index is 1330. The molecular weight excluding hydrogens is 548 g/mol. The zero-order valence-corrected chi connectivity index (χ0v) is 22.2. The van der Waals surface area contributed by atoms with Gasteiger partial charge in [0.2, 0.25) is 5.91 Å². The first-order valence-electron chi connectivity index (χ1n) is 10.9. The van der Waals surface area contributed by atoms with E-state index in [4.69, 9.17) is 14.2 Å². The molecule has 1 aliphatic rings. The fourth-order valence-electron chi connectivity index (χ4n) is 3.17. The standard InChI is InChI=1S/C26H23BrN2O6S/c1-4-22(30)29-25-23(26(32)34-5-2)24(31)21(36-25)11-17-10-19(33-3)20(12-18(17)27)35-14-16-9-7-6-8-15(16)13-28/h6-12,31H,4-5,14H2,1-3H3/b21-11-,29-25?. The Labute approximate surface area is 221 Å². The predicted octanol–water partition coefficient (Wildman–Crippen LogP) is 5.71. The number of thioether (sulfide) groups is 1. The molecule has 186 valence electrons. The number of amides is 1. The molecule has 0 radical (unpaired) electrons. The lowest BCUT2D eigenvalue weighted by molar-refractivity contribution is -0.138. The van der Waals surface area contributed by atoms with E-state index >= 15 is 0 Å². The van der Waals surface area contributed by atoms with E-state index in [1.54, 1.807) is 44.2 Å². The first-order valence-corrected chi connectivity index (χ1v) is 12.5. The van der Waals surface area contributed by atoms with Crippen molar-refractivity contribution in [2.24, 2.45) is 4.99 Å². The number of esters is 1. The van der Waals surface area contributed by atoms with Crippen LogP contribution in [0.2, 0.25) is 0 Å². The highest BCUT2D eigenvalue weighted by Gasteiger charge is 2.33. The molecule has 3 rings (SSSR count). The molecule has 0 unspecified atom stereocenters. The van der Waals surface area contributed by atoms with Crippen molar-refractivity contribution in [3.63, 3.8) is 0 Å². The van der Waals surface area contributed by atoms with E-state index in [2.05, 4.69) is 27.0 Å². The number of hydrogen-bond acceptors (Lipinski definition) is 8. The Morgan fingerprint density at radius 1 is 1.22 bits per heavy atom. The number of aliphatic imine (C=N–C) groups is 1. The Balaban J connectivity index is 1.96. The molecule has 1 N–H and O–H groups in total. The molecule has 8 nitrogen and oxygen atoms in total. The average molecular weight is 571 g/mol. The molecule has 0 spiro atoms. The van der Waals surface area contributed by atoms with Gasteiger partial charge in [-0.2, -0.15) is 5.26 Å². The molecule has 0 saturated carbocycles. The molecule has 0 aliphatic carbocycles. The summed E-state index contributed by atoms with van der Waals surface area (Å²) >= 11 is 4.51. The number of carbonyl (C=O) groups is 2. The monoisotopic (exact) mass is 570 g/mol. The third kappa shape index (κ3) is 6.17. The van der Waals surface area contributed by atoms with Crippen LogP contribution in [0, 0.1) is 11.3 Å². The van der Waals surface area contributed by atoms with Gasteiger partial charge >= 0.3 is 5.97 Å². The van der Waals surface area contributed by atoms with Gasteiger partial charge in [0.25, 0.3) is 0 Å². The Morgan fingerprint density at radius 2 is 1.97 bits per heavy atom. The number of nitrogens with zero attached hydrogens (tertiary/aromatic N) is 2. The highest BCUT2D eigenvalue weighted by atomic mass is 79.9. The minimum atomic E-state index is -0.758. The molecule has 0 bridgehead atoms. The summed E-state index contributed by atoms with van der Waals surface area (Å²) in [6.07, 6.45) is 1.79. The minimum Gasteiger partial charge on any atom is -0.506 e. The van der Waals surface area contributed by atoms with Crippen molar-refractivity contribution >= 4 is 50.7 Å². The number of rotatable bonds is 8. The van der Waals surface area contributed by atoms with Crippen LogP contribution >= 0.6 is 27.7 Å². The second kappa shape index (κ2) is 12.4. The summed E-state index contributed by atoms with van der Waals surface area (Å²) in [7, 11) is 1.50. The third-order valence-corrected chi connectivity index (χ3v) is 6.70. The molecule has 2 aromatic rings. The topological polar surface area (TPSA) is 118 Å². The number of benzene rings is 2. The molecule has 0 atom stereocenters. The van der Waals surface area contributed by atoms with Crippen LogP contribution in [-0.2, 0) is 20.9 Å². The second-order valence-electron chi connectivity index (χ2n) is 7.30. The Morgan fingerprint density at radius 3 is 2.64 bits per heavy atom. The maximum atomic E-state index is 12.4. The summed E-state index contributed by atoms with van der Waals surface area (Å²) in [4.78, 5) is 28.6. The molecule has 2 aromatic carbocycles. The average Bonchev–Trinajstić information content (AvgIpc) is 3.18. The van der Waals surface area contributed by atoms with Gasteiger partial charge in [-0.25, -0.2) is 9.79 Å². The molecular formula is C26H23BrN2O6S. The number of carbonyl (C=O) groups excluding carboxylic acids is 2. The number of ether oxygens (including phenoxy) is 3. The quantitative estimate of drug-likeness (QED) is 0.401. The van der Waals surface area contributed by atoms with Crippen LogP contribution < -0.4 is 9.47 Å². The summed E-state index contributed by atoms with van der Waals surface area (Å²) in [6, 6.07) is 12.7. The van der Waals surface area contributed by atoms with Crippen LogP contribution in [-0.4, -0.2) is 35.7 Å². The molecule has 0 aromatic heterocycles. The lowest BCUT2D eigenvalue weighted by atomic mass is 10.1. The molecule has 1 amide bonds. The third-order valence-electron chi connectivity index (χ3n) is 4.99. The first-order chi connectivity index (χ1) is 17.3. The van der Waals surface area contributed by atoms with Crippen LogP contribution in [0.25, 0.3) is 6.08 Å². The van der Waals surface area contributed by atoms with Crippen LogP contribution in [0.3, 0.4) is 0 Å². The molecule has 1 heterocycles. The van der Waals surface area contributed by atoms with Crippen molar-refractivity contribution in [3.05, 3.63) is 73.8 Å². The van der Waals surface area contributed by atoms with E-state index in [0.29, 0.717) is 32.0 Å². The van der Waals surface area contributed by atoms with Crippen molar-refractivity contribution < 1.29 is 28.9 Å². The maximum Gasteiger partial charge on any atom is 0.344 e. The van der Waals surface area contributed by atoms with Gasteiger partial charge in [-0.05, 0) is 36.8 Å². The number of halogens is 1. The van der Waals surface area contributed by atoms with Gasteiger partial charge < -0.3 is 19.3 Å². The Kier molecular flexibility index (Phi) is 9.33. The van der Waals surface area contributed by atoms with Crippen molar-refractivity contribution in [1.82, 2.24) is 0 Å². The number of aliphatic hydroxyl groups excluding tert-OH is 1. The molecule has 10 heteroatoms. The van der Waals surface area contributed by atoms with Crippen LogP contribution in [0.15, 0.2) is 62.1 Å². The molecule has 1 aliphatic heterocycles. The summed E-state index contributed by atoms with van der Waals surface area (Å²) in [5.74, 6) is -0.629. The van der Waals surface area contributed by atoms with E-state index < -0.39 is 11.9 Å². The summed E-state index contributed by atoms with van der Waals surface area (Å²) in [6.45, 7) is 3.58. The van der Waals surface area contributed by atoms with Gasteiger partial charge in [-0.15, -0.1) is 0 Å². The van der Waals surface area contributed by atoms with Gasteiger partial charge in [0.1, 0.15) is 23.0 Å². The highest BCUT2D eigenvalue weighted by Crippen LogP contribution is 2.42. The number of aliphatic hydroxyl groups is 1. The van der Waals surface area contributed by atoms with Crippen molar-refractivity contribution in [1.29, 1.82) is 5.26 Å². The second-order valence-corrected chi connectivity index (χ2v) is 9.19. The highest BCUT2D eigenvalue weighted by molar-refractivity contribution is 9.10. The summed E-state index contributed by atoms with van der Waals surface area (Å²) in [5.41, 5.74) is 1.74. The minimum absolute atomic E-state index is 0.0863. The Hall–Kier alpha value is -3.55. The SMILES string of the molecule is CCOC(=O)C1=C(O)/C(=C/c2cc(OC)c(OCc3ccccc3C#N)cc2Br)SC1=NC(=O)CC. The normalized spacial score (nSPS) is 15.2. The van der Waals surface area contributed by atoms with Crippen LogP contribution in [0.5, 0.6) is 11.5 Å². The summed E-state index contributed by atoms with van der Waals surface area (Å²) < 4.78 is 17.1. The van der Waals surface area contributed by atoms with E-state index in [1.807, 2.05) is 12.1 Å². The molecule has 0 fully saturated rings. The van der Waals surface area contributed by atoms with Crippen LogP contribution in [0.1, 0.15) is 37.0 Å². The lowest BCUT2D eigenvalue weighted by Gasteiger charge is -2.14. The van der Waals surface area contributed by atoms with Gasteiger partial charge in [-0.1, -0.05) is 52.8 Å². The number of hydrogen-bond donors (Lipinski definition) is 1. The van der Waals surface area contributed by atoms with E-state index in [-0.39, 0.29) is 36.0 Å². The number of methoxy groups -OCH3 is 1. The fourth-order valence-corrected chi connectivity index (χ4v) is 4.63. The van der Waals surface area contributed by atoms with Gasteiger partial charge in [0, 0.05) is 16.5 Å². The van der Waals surface area contributed by atoms with E-state index in [0.717, 1.165) is 17.3 Å². The van der Waals surface area contributed by atoms with E-state index in [1.165, 1.54) is 7.11 Å². The van der Waals surface area contributed by atoms with Crippen molar-refractivity contribution in [3.8, 4) is 17.6 Å². The fraction of sp³-hybridized carbons (Fsp3) is 0.231. The predicted molar refractivity (Wildman–Crippen MR) is 141 cm³/mol. The molecule has 36 heavy (non-hydrogen) atoms. The van der Waals surface area contributed by atoms with Gasteiger partial charge in [0.15, 0.2) is 11.5 Å². The summed E-state index contributed by atoms with van der Waals surface area (Å²) in [5, 5.41) is 20.2. The van der Waals surface area contributed by atoms with Gasteiger partial charge in [0.05, 0.1) is 30.3 Å². The lowest BCUT2D eigenvalue weighted by Crippen LogP contribution is -2.14. The van der Waals surface area contributed by atoms with Gasteiger partial charge in [-0.3, -0.25) is 4.79 Å². The first kappa shape index (κ1) is 27.0. The van der Waals surface area contributed by atoms with Crippen LogP contribution in [0.4, 0.5) is 0 Å². The molecule has 0 saturated heterocycles. The van der Waals surface area contributed by atoms with Crippen molar-refractivity contribution in [2.45, 2.75) is 26.9 Å². The smallest absolute Gasteiger partial charge is 0.344 e. The largest absolute Gasteiger partial charge is 0.506 e. The van der Waals surface area contributed by atoms with E-state index in [9.17, 15) is 20.0 Å². The van der Waals surface area contributed by atoms with Crippen molar-refractivity contribution in [2.75, 3.05) is 13.7 Å². The number of nitriles is 1. The zero-order valence-electron chi connectivity index (χ0n) is 19.8.